The minimum absolute atomic E-state index is 0.354. The molecule has 2 heterocycles. The third kappa shape index (κ3) is 1.44. The molecule has 0 radical (unpaired) electrons. The summed E-state index contributed by atoms with van der Waals surface area (Å²) in [6.07, 6.45) is 10.4. The third-order valence-electron chi connectivity index (χ3n) is 2.56. The third-order valence-corrected chi connectivity index (χ3v) is 2.56. The molecule has 0 aromatic rings. The van der Waals surface area contributed by atoms with Crippen LogP contribution in [-0.2, 0) is 0 Å². The standard InChI is InChI=1S/C11H14N2/c1-3-9(2)10-8-13-7-5-4-6-11(13)12-10/h3-7,10H,8H2,1-2H3/b9-3+/t10-/m0/s1. The van der Waals surface area contributed by atoms with Gasteiger partial charge in [0.15, 0.2) is 0 Å². The Hall–Kier alpha value is -1.31. The normalized spacial score (nSPS) is 26.3. The van der Waals surface area contributed by atoms with Crippen LogP contribution >= 0.6 is 0 Å². The molecule has 2 rings (SSSR count). The lowest BCUT2D eigenvalue weighted by Gasteiger charge is -2.15. The van der Waals surface area contributed by atoms with Crippen LogP contribution in [0, 0.1) is 0 Å². The van der Waals surface area contributed by atoms with Crippen molar-refractivity contribution in [2.75, 3.05) is 6.54 Å². The average molecular weight is 174 g/mol. The van der Waals surface area contributed by atoms with Crippen molar-refractivity contribution in [1.82, 2.24) is 4.90 Å². The van der Waals surface area contributed by atoms with Gasteiger partial charge in [-0.1, -0.05) is 17.7 Å². The predicted molar refractivity (Wildman–Crippen MR) is 55.6 cm³/mol. The molecule has 2 nitrogen and oxygen atoms in total. The molecule has 0 saturated heterocycles. The Kier molecular flexibility index (Phi) is 2.05. The van der Waals surface area contributed by atoms with Gasteiger partial charge in [0, 0.05) is 6.20 Å². The minimum atomic E-state index is 0.354. The molecule has 0 aliphatic carbocycles. The molecule has 2 aliphatic heterocycles. The zero-order valence-electron chi connectivity index (χ0n) is 8.07. The first kappa shape index (κ1) is 8.30. The SMILES string of the molecule is C/C=C(\C)[C@@H]1CN2C=CC=CC2=N1. The average Bonchev–Trinajstić information content (AvgIpc) is 2.59. The quantitative estimate of drug-likeness (QED) is 0.556. The topological polar surface area (TPSA) is 15.6 Å². The van der Waals surface area contributed by atoms with E-state index in [-0.39, 0.29) is 0 Å². The molecule has 0 saturated carbocycles. The van der Waals surface area contributed by atoms with Gasteiger partial charge in [-0.3, -0.25) is 4.99 Å². The van der Waals surface area contributed by atoms with E-state index in [4.69, 9.17) is 0 Å². The van der Waals surface area contributed by atoms with Crippen molar-refractivity contribution in [2.45, 2.75) is 19.9 Å². The molecule has 1 atom stereocenters. The summed E-state index contributed by atoms with van der Waals surface area (Å²) in [6, 6.07) is 0.354. The van der Waals surface area contributed by atoms with Crippen molar-refractivity contribution < 1.29 is 0 Å². The van der Waals surface area contributed by atoms with Crippen molar-refractivity contribution in [2.24, 2.45) is 4.99 Å². The first-order valence-electron chi connectivity index (χ1n) is 4.63. The Balaban J connectivity index is 2.20. The van der Waals surface area contributed by atoms with Crippen LogP contribution < -0.4 is 0 Å². The van der Waals surface area contributed by atoms with Gasteiger partial charge >= 0.3 is 0 Å². The molecule has 0 bridgehead atoms. The van der Waals surface area contributed by atoms with E-state index < -0.39 is 0 Å². The Morgan fingerprint density at radius 1 is 1.62 bits per heavy atom. The number of rotatable bonds is 1. The van der Waals surface area contributed by atoms with E-state index in [1.807, 2.05) is 12.2 Å². The number of nitrogens with zero attached hydrogens (tertiary/aromatic N) is 2. The van der Waals surface area contributed by atoms with Gasteiger partial charge in [0.25, 0.3) is 0 Å². The van der Waals surface area contributed by atoms with E-state index in [2.05, 4.69) is 42.1 Å². The number of hydrogen-bond acceptors (Lipinski definition) is 2. The maximum Gasteiger partial charge on any atom is 0.128 e. The summed E-state index contributed by atoms with van der Waals surface area (Å²) < 4.78 is 0. The molecule has 68 valence electrons. The molecule has 0 aromatic heterocycles. The van der Waals surface area contributed by atoms with Gasteiger partial charge in [-0.2, -0.15) is 0 Å². The summed E-state index contributed by atoms with van der Waals surface area (Å²) in [5, 5.41) is 0. The fourth-order valence-corrected chi connectivity index (χ4v) is 1.56. The molecule has 0 spiro atoms. The second kappa shape index (κ2) is 3.21. The Labute approximate surface area is 79.0 Å². The lowest BCUT2D eigenvalue weighted by atomic mass is 10.1. The summed E-state index contributed by atoms with van der Waals surface area (Å²) in [4.78, 5) is 6.81. The molecule has 0 fully saturated rings. The lowest BCUT2D eigenvalue weighted by molar-refractivity contribution is 0.567. The largest absolute Gasteiger partial charge is 0.331 e. The van der Waals surface area contributed by atoms with E-state index in [0.29, 0.717) is 6.04 Å². The van der Waals surface area contributed by atoms with Crippen LogP contribution in [0.25, 0.3) is 0 Å². The predicted octanol–water partition coefficient (Wildman–Crippen LogP) is 2.12. The Morgan fingerprint density at radius 3 is 3.15 bits per heavy atom. The molecule has 0 amide bonds. The summed E-state index contributed by atoms with van der Waals surface area (Å²) in [5.41, 5.74) is 1.35. The molecule has 0 N–H and O–H groups in total. The van der Waals surface area contributed by atoms with Crippen molar-refractivity contribution >= 4 is 5.84 Å². The number of aliphatic imine (C=N–C) groups is 1. The van der Waals surface area contributed by atoms with Gasteiger partial charge in [0.05, 0.1) is 12.6 Å². The Bertz CT molecular complexity index is 321. The van der Waals surface area contributed by atoms with Gasteiger partial charge in [0.2, 0.25) is 0 Å². The highest BCUT2D eigenvalue weighted by molar-refractivity contribution is 5.96. The fourth-order valence-electron chi connectivity index (χ4n) is 1.56. The highest BCUT2D eigenvalue weighted by atomic mass is 15.2. The number of allylic oxidation sites excluding steroid dienone is 3. The van der Waals surface area contributed by atoms with E-state index >= 15 is 0 Å². The zero-order chi connectivity index (χ0) is 9.26. The molecule has 13 heavy (non-hydrogen) atoms. The summed E-state index contributed by atoms with van der Waals surface area (Å²) in [7, 11) is 0. The van der Waals surface area contributed by atoms with Crippen LogP contribution in [0.3, 0.4) is 0 Å². The van der Waals surface area contributed by atoms with Crippen LogP contribution in [-0.4, -0.2) is 23.3 Å². The van der Waals surface area contributed by atoms with Crippen molar-refractivity contribution in [3.05, 3.63) is 36.1 Å². The second-order valence-corrected chi connectivity index (χ2v) is 3.39. The highest BCUT2D eigenvalue weighted by Gasteiger charge is 2.23. The Morgan fingerprint density at radius 2 is 2.46 bits per heavy atom. The minimum Gasteiger partial charge on any atom is -0.331 e. The van der Waals surface area contributed by atoms with Gasteiger partial charge in [-0.15, -0.1) is 0 Å². The van der Waals surface area contributed by atoms with Crippen molar-refractivity contribution in [3.63, 3.8) is 0 Å². The van der Waals surface area contributed by atoms with Crippen LogP contribution in [0.2, 0.25) is 0 Å². The van der Waals surface area contributed by atoms with Crippen LogP contribution in [0.1, 0.15) is 13.8 Å². The zero-order valence-corrected chi connectivity index (χ0v) is 8.07. The summed E-state index contributed by atoms with van der Waals surface area (Å²) >= 11 is 0. The van der Waals surface area contributed by atoms with Gasteiger partial charge < -0.3 is 4.90 Å². The highest BCUT2D eigenvalue weighted by Crippen LogP contribution is 2.18. The van der Waals surface area contributed by atoms with Gasteiger partial charge in [-0.25, -0.2) is 0 Å². The molecular formula is C11H14N2. The van der Waals surface area contributed by atoms with Gasteiger partial charge in [-0.05, 0) is 26.0 Å². The summed E-state index contributed by atoms with van der Waals surface area (Å²) in [6.45, 7) is 5.20. The number of fused-ring (bicyclic) bond motifs is 1. The molecule has 2 heteroatoms. The molecule has 0 unspecified atom stereocenters. The van der Waals surface area contributed by atoms with Crippen LogP contribution in [0.5, 0.6) is 0 Å². The van der Waals surface area contributed by atoms with E-state index in [0.717, 1.165) is 12.4 Å². The monoisotopic (exact) mass is 174 g/mol. The van der Waals surface area contributed by atoms with Gasteiger partial charge in [0.1, 0.15) is 5.84 Å². The lowest BCUT2D eigenvalue weighted by Crippen LogP contribution is -2.24. The van der Waals surface area contributed by atoms with Crippen LogP contribution in [0.4, 0.5) is 0 Å². The van der Waals surface area contributed by atoms with E-state index in [9.17, 15) is 0 Å². The van der Waals surface area contributed by atoms with Crippen LogP contribution in [0.15, 0.2) is 41.1 Å². The molecule has 0 aromatic carbocycles. The second-order valence-electron chi connectivity index (χ2n) is 3.39. The number of hydrogen-bond donors (Lipinski definition) is 0. The van der Waals surface area contributed by atoms with Crippen molar-refractivity contribution in [1.29, 1.82) is 0 Å². The fraction of sp³-hybridized carbons (Fsp3) is 0.364. The first-order valence-corrected chi connectivity index (χ1v) is 4.63. The maximum absolute atomic E-state index is 4.62. The number of amidine groups is 1. The first-order chi connectivity index (χ1) is 6.31. The molecular weight excluding hydrogens is 160 g/mol. The van der Waals surface area contributed by atoms with E-state index in [1.54, 1.807) is 0 Å². The maximum atomic E-state index is 4.62. The smallest absolute Gasteiger partial charge is 0.128 e. The van der Waals surface area contributed by atoms with Crippen molar-refractivity contribution in [3.8, 4) is 0 Å². The van der Waals surface area contributed by atoms with E-state index in [1.165, 1.54) is 5.57 Å². The molecule has 2 aliphatic rings. The summed E-state index contributed by atoms with van der Waals surface area (Å²) in [5.74, 6) is 1.09.